The Kier molecular flexibility index (Phi) is 7.08. The van der Waals surface area contributed by atoms with E-state index in [-0.39, 0.29) is 17.7 Å². The van der Waals surface area contributed by atoms with Crippen molar-refractivity contribution in [1.29, 1.82) is 5.26 Å². The van der Waals surface area contributed by atoms with Crippen molar-refractivity contribution < 1.29 is 9.47 Å². The lowest BCUT2D eigenvalue weighted by Gasteiger charge is -2.38. The molecule has 0 saturated carbocycles. The maximum Gasteiger partial charge on any atom is 0.318 e. The quantitative estimate of drug-likeness (QED) is 0.348. The first kappa shape index (κ1) is 26.7. The van der Waals surface area contributed by atoms with E-state index in [1.807, 2.05) is 0 Å². The molecule has 5 heterocycles. The maximum absolute atomic E-state index is 9.40. The van der Waals surface area contributed by atoms with Gasteiger partial charge in [0.1, 0.15) is 12.4 Å². The van der Waals surface area contributed by atoms with E-state index in [9.17, 15) is 5.26 Å². The van der Waals surface area contributed by atoms with Gasteiger partial charge in [0, 0.05) is 31.5 Å². The van der Waals surface area contributed by atoms with Gasteiger partial charge < -0.3 is 14.4 Å². The zero-order chi connectivity index (χ0) is 28.0. The summed E-state index contributed by atoms with van der Waals surface area (Å²) < 4.78 is 13.3. The minimum atomic E-state index is -0.151. The van der Waals surface area contributed by atoms with E-state index in [1.54, 1.807) is 0 Å². The average molecular weight is 552 g/mol. The average Bonchev–Trinajstić information content (AvgIpc) is 3.56. The number of aryl methyl sites for hydroxylation is 1. The van der Waals surface area contributed by atoms with Crippen LogP contribution in [0.5, 0.6) is 6.01 Å². The number of nitriles is 1. The molecule has 2 aromatic carbocycles. The van der Waals surface area contributed by atoms with Crippen molar-refractivity contribution in [3.63, 3.8) is 0 Å². The molecule has 0 bridgehead atoms. The molecule has 41 heavy (non-hydrogen) atoms. The first-order valence-corrected chi connectivity index (χ1v) is 15.6. The number of piperidine rings is 1. The summed E-state index contributed by atoms with van der Waals surface area (Å²) in [4.78, 5) is 15.2. The Morgan fingerprint density at radius 1 is 1.07 bits per heavy atom. The second kappa shape index (κ2) is 10.9. The van der Waals surface area contributed by atoms with Gasteiger partial charge in [0.25, 0.3) is 0 Å². The molecule has 0 N–H and O–H groups in total. The van der Waals surface area contributed by atoms with Crippen molar-refractivity contribution in [3.05, 3.63) is 58.8 Å². The minimum absolute atomic E-state index is 0.0932. The molecule has 7 rings (SSSR count). The first-order valence-electron chi connectivity index (χ1n) is 15.6. The van der Waals surface area contributed by atoms with Gasteiger partial charge in [-0.1, -0.05) is 36.4 Å². The highest BCUT2D eigenvalue weighted by molar-refractivity contribution is 5.89. The second-order valence-corrected chi connectivity index (χ2v) is 12.7. The highest BCUT2D eigenvalue weighted by atomic mass is 16.5. The van der Waals surface area contributed by atoms with Crippen molar-refractivity contribution in [2.45, 2.75) is 83.0 Å². The molecular formula is C34H41N5O2. The third kappa shape index (κ3) is 4.85. The predicted molar refractivity (Wildman–Crippen MR) is 160 cm³/mol. The lowest BCUT2D eigenvalue weighted by atomic mass is 9.90. The summed E-state index contributed by atoms with van der Waals surface area (Å²) in [6.07, 6.45) is 8.06. The number of aromatic nitrogens is 2. The van der Waals surface area contributed by atoms with E-state index in [4.69, 9.17) is 19.4 Å². The van der Waals surface area contributed by atoms with Crippen LogP contribution in [0.4, 0.5) is 5.82 Å². The molecule has 4 aliphatic rings. The van der Waals surface area contributed by atoms with Crippen LogP contribution in [0.3, 0.4) is 0 Å². The van der Waals surface area contributed by atoms with Gasteiger partial charge in [-0.05, 0) is 93.3 Å². The topological polar surface area (TPSA) is 74.5 Å². The van der Waals surface area contributed by atoms with Gasteiger partial charge in [0.05, 0.1) is 29.5 Å². The normalized spacial score (nSPS) is 25.6. The Morgan fingerprint density at radius 3 is 2.68 bits per heavy atom. The summed E-state index contributed by atoms with van der Waals surface area (Å²) in [6, 6.07) is 15.9. The third-order valence-electron chi connectivity index (χ3n) is 10.1. The van der Waals surface area contributed by atoms with Crippen LogP contribution >= 0.6 is 0 Å². The monoisotopic (exact) mass is 551 g/mol. The summed E-state index contributed by atoms with van der Waals surface area (Å²) in [6.45, 7) is 9.10. The molecule has 7 nitrogen and oxygen atoms in total. The van der Waals surface area contributed by atoms with Gasteiger partial charge in [-0.15, -0.1) is 0 Å². The van der Waals surface area contributed by atoms with Gasteiger partial charge >= 0.3 is 6.01 Å². The van der Waals surface area contributed by atoms with Crippen molar-refractivity contribution in [2.75, 3.05) is 37.7 Å². The van der Waals surface area contributed by atoms with E-state index in [0.717, 1.165) is 43.0 Å². The first-order chi connectivity index (χ1) is 20.0. The van der Waals surface area contributed by atoms with Crippen LogP contribution < -0.4 is 9.64 Å². The fourth-order valence-corrected chi connectivity index (χ4v) is 8.12. The van der Waals surface area contributed by atoms with Crippen LogP contribution in [0.15, 0.2) is 36.4 Å². The van der Waals surface area contributed by atoms with Gasteiger partial charge in [-0.3, -0.25) is 4.90 Å². The van der Waals surface area contributed by atoms with Crippen LogP contribution in [0.25, 0.3) is 10.8 Å². The van der Waals surface area contributed by atoms with E-state index >= 15 is 0 Å². The Labute approximate surface area is 243 Å². The molecule has 2 unspecified atom stereocenters. The van der Waals surface area contributed by atoms with Gasteiger partial charge in [0.2, 0.25) is 0 Å². The summed E-state index contributed by atoms with van der Waals surface area (Å²) in [7, 11) is 0. The predicted octanol–water partition coefficient (Wildman–Crippen LogP) is 6.45. The van der Waals surface area contributed by atoms with Crippen molar-refractivity contribution in [3.8, 4) is 12.1 Å². The minimum Gasteiger partial charge on any atom is -0.461 e. The highest BCUT2D eigenvalue weighted by Crippen LogP contribution is 2.44. The fraction of sp³-hybridized carbons (Fsp3) is 0.559. The van der Waals surface area contributed by atoms with Crippen LogP contribution in [-0.4, -0.2) is 53.2 Å². The molecule has 3 atom stereocenters. The van der Waals surface area contributed by atoms with E-state index in [0.29, 0.717) is 31.4 Å². The molecule has 0 aliphatic carbocycles. The summed E-state index contributed by atoms with van der Waals surface area (Å²) >= 11 is 0. The number of ether oxygens (including phenoxy) is 2. The summed E-state index contributed by atoms with van der Waals surface area (Å²) in [5.41, 5.74) is 4.75. The zero-order valence-corrected chi connectivity index (χ0v) is 24.4. The van der Waals surface area contributed by atoms with Crippen LogP contribution in [0, 0.1) is 24.2 Å². The number of fused-ring (bicyclic) bond motifs is 3. The van der Waals surface area contributed by atoms with Gasteiger partial charge in [0.15, 0.2) is 0 Å². The molecule has 0 radical (unpaired) electrons. The molecule has 0 amide bonds. The Balaban J connectivity index is 1.26. The standard InChI is InChI=1S/C34H41N5O2/c1-23-8-3-10-26-11-4-12-27(30(23)26)29-20-28-31(24(2)41-29)32(38-17-5-9-25(21-38)13-16-35)37-33(36-28)40-22-34-14-6-18-39(34)19-7-15-34/h3-4,8,10-12,24-25,29H,5-7,9,13-15,17-22H2,1-2H3/t24?,25-,29?/m0/s1. The molecule has 4 aliphatic heterocycles. The fourth-order valence-electron chi connectivity index (χ4n) is 8.12. The molecule has 3 saturated heterocycles. The molecule has 214 valence electrons. The molecule has 3 fully saturated rings. The zero-order valence-electron chi connectivity index (χ0n) is 24.4. The van der Waals surface area contributed by atoms with Crippen LogP contribution in [0.2, 0.25) is 0 Å². The smallest absolute Gasteiger partial charge is 0.318 e. The molecule has 7 heteroatoms. The number of nitrogens with zero attached hydrogens (tertiary/aromatic N) is 5. The van der Waals surface area contributed by atoms with E-state index < -0.39 is 0 Å². The van der Waals surface area contributed by atoms with Crippen LogP contribution in [-0.2, 0) is 11.2 Å². The van der Waals surface area contributed by atoms with E-state index in [1.165, 1.54) is 60.7 Å². The maximum atomic E-state index is 9.40. The Hall–Kier alpha value is -3.21. The van der Waals surface area contributed by atoms with Gasteiger partial charge in [-0.25, -0.2) is 0 Å². The number of hydrogen-bond donors (Lipinski definition) is 0. The molecule has 1 aromatic heterocycles. The van der Waals surface area contributed by atoms with Crippen LogP contribution in [0.1, 0.15) is 86.5 Å². The Morgan fingerprint density at radius 2 is 1.88 bits per heavy atom. The summed E-state index contributed by atoms with van der Waals surface area (Å²) in [5, 5.41) is 11.9. The SMILES string of the molecule is Cc1cccc2cccc(C3Cc4nc(OCC56CCCN5CCC6)nc(N5CCC[C@@H](CC#N)C5)c4C(C)O3)c12. The van der Waals surface area contributed by atoms with Gasteiger partial charge in [-0.2, -0.15) is 15.2 Å². The molecule has 0 spiro atoms. The highest BCUT2D eigenvalue weighted by Gasteiger charge is 2.45. The van der Waals surface area contributed by atoms with Crippen molar-refractivity contribution >= 4 is 16.6 Å². The lowest BCUT2D eigenvalue weighted by Crippen LogP contribution is -2.43. The second-order valence-electron chi connectivity index (χ2n) is 12.7. The Bertz CT molecular complexity index is 1470. The van der Waals surface area contributed by atoms with Crippen molar-refractivity contribution in [1.82, 2.24) is 14.9 Å². The number of benzene rings is 2. The lowest BCUT2D eigenvalue weighted by molar-refractivity contribution is -0.0180. The molecular weight excluding hydrogens is 510 g/mol. The van der Waals surface area contributed by atoms with Crippen molar-refractivity contribution in [2.24, 2.45) is 5.92 Å². The number of anilines is 1. The molecule has 3 aromatic rings. The number of rotatable bonds is 6. The third-order valence-corrected chi connectivity index (χ3v) is 10.1. The largest absolute Gasteiger partial charge is 0.461 e. The number of hydrogen-bond acceptors (Lipinski definition) is 7. The summed E-state index contributed by atoms with van der Waals surface area (Å²) in [5.74, 6) is 1.30. The van der Waals surface area contributed by atoms with E-state index in [2.05, 4.69) is 66.1 Å².